The summed E-state index contributed by atoms with van der Waals surface area (Å²) in [6.07, 6.45) is 4.18. The smallest absolute Gasteiger partial charge is 0.339 e. The average Bonchev–Trinajstić information content (AvgIpc) is 3.03. The first-order valence-corrected chi connectivity index (χ1v) is 7.06. The van der Waals surface area contributed by atoms with E-state index in [1.165, 1.54) is 22.2 Å². The standard InChI is InChI=1S/C13H13N3O3S/c1-16-8(5-6-14-16)11(17)15-12-10(13(18)19)7-3-2-4-9(7)20-12/h5-6H,2-4H2,1H3,(H,15,17)(H,18,19). The third kappa shape index (κ3) is 2.00. The van der Waals surface area contributed by atoms with Gasteiger partial charge in [-0.05, 0) is 30.9 Å². The van der Waals surface area contributed by atoms with E-state index in [9.17, 15) is 14.7 Å². The number of hydrogen-bond acceptors (Lipinski definition) is 4. The van der Waals surface area contributed by atoms with Gasteiger partial charge in [-0.15, -0.1) is 11.3 Å². The number of nitrogens with one attached hydrogen (secondary N) is 1. The van der Waals surface area contributed by atoms with E-state index in [0.717, 1.165) is 29.7 Å². The third-order valence-electron chi connectivity index (χ3n) is 3.42. The van der Waals surface area contributed by atoms with Gasteiger partial charge in [0.05, 0.1) is 5.56 Å². The van der Waals surface area contributed by atoms with E-state index >= 15 is 0 Å². The number of carbonyl (C=O) groups excluding carboxylic acids is 1. The van der Waals surface area contributed by atoms with E-state index in [1.807, 2.05) is 0 Å². The van der Waals surface area contributed by atoms with Gasteiger partial charge >= 0.3 is 5.97 Å². The molecule has 0 unspecified atom stereocenters. The van der Waals surface area contributed by atoms with Crippen molar-refractivity contribution in [1.29, 1.82) is 0 Å². The van der Waals surface area contributed by atoms with Crippen LogP contribution >= 0.6 is 11.3 Å². The number of anilines is 1. The minimum absolute atomic E-state index is 0.248. The lowest BCUT2D eigenvalue weighted by Gasteiger charge is -2.05. The van der Waals surface area contributed by atoms with E-state index < -0.39 is 5.97 Å². The first-order valence-electron chi connectivity index (χ1n) is 6.25. The van der Waals surface area contributed by atoms with Gasteiger partial charge in [-0.2, -0.15) is 5.10 Å². The van der Waals surface area contributed by atoms with Gasteiger partial charge in [0.2, 0.25) is 0 Å². The van der Waals surface area contributed by atoms with Crippen molar-refractivity contribution in [2.75, 3.05) is 5.32 Å². The number of rotatable bonds is 3. The second kappa shape index (κ2) is 4.75. The molecule has 0 spiro atoms. The molecule has 0 aromatic carbocycles. The number of carbonyl (C=O) groups is 2. The fraction of sp³-hybridized carbons (Fsp3) is 0.308. The maximum atomic E-state index is 12.1. The van der Waals surface area contributed by atoms with E-state index in [1.54, 1.807) is 13.1 Å². The summed E-state index contributed by atoms with van der Waals surface area (Å²) >= 11 is 1.37. The largest absolute Gasteiger partial charge is 0.478 e. The van der Waals surface area contributed by atoms with Crippen molar-refractivity contribution in [2.45, 2.75) is 19.3 Å². The van der Waals surface area contributed by atoms with Crippen molar-refractivity contribution < 1.29 is 14.7 Å². The van der Waals surface area contributed by atoms with Crippen LogP contribution in [0.25, 0.3) is 0 Å². The monoisotopic (exact) mass is 291 g/mol. The van der Waals surface area contributed by atoms with E-state index in [4.69, 9.17) is 0 Å². The lowest BCUT2D eigenvalue weighted by Crippen LogP contribution is -2.17. The Balaban J connectivity index is 1.94. The highest BCUT2D eigenvalue weighted by atomic mass is 32.1. The summed E-state index contributed by atoms with van der Waals surface area (Å²) in [6, 6.07) is 1.59. The maximum absolute atomic E-state index is 12.1. The molecule has 0 atom stereocenters. The zero-order valence-electron chi connectivity index (χ0n) is 10.8. The molecule has 3 rings (SSSR count). The van der Waals surface area contributed by atoms with Gasteiger partial charge in [-0.25, -0.2) is 4.79 Å². The summed E-state index contributed by atoms with van der Waals surface area (Å²) in [6.45, 7) is 0. The molecule has 1 aliphatic carbocycles. The Hall–Kier alpha value is -2.15. The summed E-state index contributed by atoms with van der Waals surface area (Å²) in [5.41, 5.74) is 1.52. The molecule has 1 aliphatic rings. The van der Waals surface area contributed by atoms with Crippen molar-refractivity contribution >= 4 is 28.2 Å². The van der Waals surface area contributed by atoms with Gasteiger partial charge in [0.25, 0.3) is 5.91 Å². The molecular formula is C13H13N3O3S. The highest BCUT2D eigenvalue weighted by Gasteiger charge is 2.27. The lowest BCUT2D eigenvalue weighted by atomic mass is 10.1. The Labute approximate surface area is 119 Å². The normalized spacial score (nSPS) is 13.2. The molecule has 7 heteroatoms. The molecule has 0 aliphatic heterocycles. The molecule has 2 N–H and O–H groups in total. The topological polar surface area (TPSA) is 84.2 Å². The molecule has 0 radical (unpaired) electrons. The number of carboxylic acids is 1. The lowest BCUT2D eigenvalue weighted by molar-refractivity contribution is 0.0697. The number of fused-ring (bicyclic) bond motifs is 1. The van der Waals surface area contributed by atoms with Crippen molar-refractivity contribution in [3.8, 4) is 0 Å². The van der Waals surface area contributed by atoms with Crippen molar-refractivity contribution in [3.63, 3.8) is 0 Å². The van der Waals surface area contributed by atoms with Gasteiger partial charge in [0.15, 0.2) is 0 Å². The molecule has 0 saturated carbocycles. The Bertz CT molecular complexity index is 702. The van der Waals surface area contributed by atoms with Gasteiger partial charge < -0.3 is 10.4 Å². The zero-order valence-corrected chi connectivity index (χ0v) is 11.7. The molecule has 2 heterocycles. The predicted molar refractivity (Wildman–Crippen MR) is 74.5 cm³/mol. The molecule has 104 valence electrons. The van der Waals surface area contributed by atoms with Gasteiger partial charge in [0, 0.05) is 18.1 Å². The second-order valence-electron chi connectivity index (χ2n) is 4.66. The van der Waals surface area contributed by atoms with Crippen LogP contribution < -0.4 is 5.32 Å². The summed E-state index contributed by atoms with van der Waals surface area (Å²) in [4.78, 5) is 24.6. The third-order valence-corrected chi connectivity index (χ3v) is 4.62. The minimum atomic E-state index is -0.982. The van der Waals surface area contributed by atoms with Crippen LogP contribution in [0.3, 0.4) is 0 Å². The van der Waals surface area contributed by atoms with Crippen LogP contribution in [-0.4, -0.2) is 26.8 Å². The molecule has 20 heavy (non-hydrogen) atoms. The quantitative estimate of drug-likeness (QED) is 0.905. The first-order chi connectivity index (χ1) is 9.58. The molecule has 0 fully saturated rings. The van der Waals surface area contributed by atoms with Crippen molar-refractivity contribution in [2.24, 2.45) is 7.05 Å². The summed E-state index contributed by atoms with van der Waals surface area (Å²) < 4.78 is 1.46. The van der Waals surface area contributed by atoms with Crippen LogP contribution in [0.2, 0.25) is 0 Å². The van der Waals surface area contributed by atoms with Crippen molar-refractivity contribution in [3.05, 3.63) is 34.0 Å². The Morgan fingerprint density at radius 2 is 2.25 bits per heavy atom. The minimum Gasteiger partial charge on any atom is -0.478 e. The summed E-state index contributed by atoms with van der Waals surface area (Å²) in [7, 11) is 1.67. The first kappa shape index (κ1) is 12.9. The fourth-order valence-electron chi connectivity index (χ4n) is 2.48. The highest BCUT2D eigenvalue weighted by molar-refractivity contribution is 7.17. The number of thiophene rings is 1. The molecule has 1 amide bonds. The van der Waals surface area contributed by atoms with Crippen LogP contribution in [0.5, 0.6) is 0 Å². The van der Waals surface area contributed by atoms with Crippen LogP contribution in [0.4, 0.5) is 5.00 Å². The van der Waals surface area contributed by atoms with Crippen molar-refractivity contribution in [1.82, 2.24) is 9.78 Å². The Morgan fingerprint density at radius 3 is 2.90 bits per heavy atom. The SMILES string of the molecule is Cn1nccc1C(=O)Nc1sc2c(c1C(=O)O)CCC2. The molecular weight excluding hydrogens is 278 g/mol. The second-order valence-corrected chi connectivity index (χ2v) is 5.77. The molecule has 6 nitrogen and oxygen atoms in total. The fourth-order valence-corrected chi connectivity index (χ4v) is 3.76. The van der Waals surface area contributed by atoms with Crippen LogP contribution in [0, 0.1) is 0 Å². The van der Waals surface area contributed by atoms with E-state index in [0.29, 0.717) is 10.7 Å². The predicted octanol–water partition coefficient (Wildman–Crippen LogP) is 1.92. The van der Waals surface area contributed by atoms with Gasteiger partial charge in [0.1, 0.15) is 10.7 Å². The van der Waals surface area contributed by atoms with Gasteiger partial charge in [-0.3, -0.25) is 9.48 Å². The number of hydrogen-bond donors (Lipinski definition) is 2. The molecule has 2 aromatic rings. The number of aromatic nitrogens is 2. The van der Waals surface area contributed by atoms with E-state index in [2.05, 4.69) is 10.4 Å². The zero-order chi connectivity index (χ0) is 14.3. The summed E-state index contributed by atoms with van der Waals surface area (Å²) in [5.74, 6) is -1.32. The van der Waals surface area contributed by atoms with E-state index in [-0.39, 0.29) is 11.5 Å². The summed E-state index contributed by atoms with van der Waals surface area (Å²) in [5, 5.41) is 16.4. The number of aryl methyl sites for hydroxylation is 2. The molecule has 0 bridgehead atoms. The van der Waals surface area contributed by atoms with Gasteiger partial charge in [-0.1, -0.05) is 0 Å². The number of amides is 1. The van der Waals surface area contributed by atoms with Crippen LogP contribution in [-0.2, 0) is 19.9 Å². The number of carboxylic acid groups (broad SMARTS) is 1. The number of aromatic carboxylic acids is 1. The molecule has 0 saturated heterocycles. The Morgan fingerprint density at radius 1 is 1.45 bits per heavy atom. The number of nitrogens with zero attached hydrogens (tertiary/aromatic N) is 2. The van der Waals surface area contributed by atoms with Crippen LogP contribution in [0.1, 0.15) is 37.7 Å². The Kier molecular flexibility index (Phi) is 3.06. The van der Waals surface area contributed by atoms with Crippen LogP contribution in [0.15, 0.2) is 12.3 Å². The highest BCUT2D eigenvalue weighted by Crippen LogP contribution is 2.39. The molecule has 2 aromatic heterocycles. The maximum Gasteiger partial charge on any atom is 0.339 e. The average molecular weight is 291 g/mol.